The first-order valence-electron chi connectivity index (χ1n) is 9.53. The van der Waals surface area contributed by atoms with Gasteiger partial charge in [0.25, 0.3) is 5.91 Å². The molecular formula is C21H24N4O2. The second-order valence-corrected chi connectivity index (χ2v) is 6.90. The SMILES string of the molecule is CCc1ccc2nc(-c3cn[nH]c3)cc(C(=O)N3CCO[C@H](CC)C3)c2c1. The van der Waals surface area contributed by atoms with E-state index in [4.69, 9.17) is 9.72 Å². The molecule has 2 aromatic heterocycles. The van der Waals surface area contributed by atoms with Gasteiger partial charge in [-0.15, -0.1) is 0 Å². The summed E-state index contributed by atoms with van der Waals surface area (Å²) in [5.41, 5.74) is 4.35. The average molecular weight is 364 g/mol. The van der Waals surface area contributed by atoms with E-state index in [1.165, 1.54) is 5.56 Å². The Morgan fingerprint density at radius 3 is 2.96 bits per heavy atom. The Labute approximate surface area is 158 Å². The van der Waals surface area contributed by atoms with Crippen LogP contribution in [-0.4, -0.2) is 51.8 Å². The van der Waals surface area contributed by atoms with Crippen LogP contribution in [0, 0.1) is 0 Å². The number of morpholine rings is 1. The van der Waals surface area contributed by atoms with Crippen LogP contribution in [0.4, 0.5) is 0 Å². The minimum atomic E-state index is 0.0437. The Bertz CT molecular complexity index is 952. The topological polar surface area (TPSA) is 71.1 Å². The summed E-state index contributed by atoms with van der Waals surface area (Å²) in [7, 11) is 0. The van der Waals surface area contributed by atoms with E-state index in [2.05, 4.69) is 36.2 Å². The lowest BCUT2D eigenvalue weighted by atomic mass is 10.0. The third-order valence-corrected chi connectivity index (χ3v) is 5.19. The Kier molecular flexibility index (Phi) is 4.90. The summed E-state index contributed by atoms with van der Waals surface area (Å²) < 4.78 is 5.73. The lowest BCUT2D eigenvalue weighted by Crippen LogP contribution is -2.45. The molecular weight excluding hydrogens is 340 g/mol. The number of amides is 1. The van der Waals surface area contributed by atoms with Gasteiger partial charge in [-0.2, -0.15) is 5.10 Å². The number of H-pyrrole nitrogens is 1. The zero-order chi connectivity index (χ0) is 18.8. The van der Waals surface area contributed by atoms with E-state index in [0.717, 1.165) is 35.0 Å². The molecule has 1 fully saturated rings. The fraction of sp³-hybridized carbons (Fsp3) is 0.381. The molecule has 0 radical (unpaired) electrons. The standard InChI is InChI=1S/C21H24N4O2/c1-3-14-5-6-19-17(9-14)18(10-20(24-19)15-11-22-23-12-15)21(26)25-7-8-27-16(4-2)13-25/h5-6,9-12,16H,3-4,7-8,13H2,1-2H3,(H,22,23)/t16-/m1/s1. The largest absolute Gasteiger partial charge is 0.375 e. The first-order valence-corrected chi connectivity index (χ1v) is 9.53. The number of aromatic amines is 1. The summed E-state index contributed by atoms with van der Waals surface area (Å²) >= 11 is 0. The first kappa shape index (κ1) is 17.7. The van der Waals surface area contributed by atoms with Crippen LogP contribution in [0.2, 0.25) is 0 Å². The summed E-state index contributed by atoms with van der Waals surface area (Å²) in [5.74, 6) is 0.0437. The van der Waals surface area contributed by atoms with Gasteiger partial charge >= 0.3 is 0 Å². The minimum absolute atomic E-state index is 0.0437. The van der Waals surface area contributed by atoms with E-state index in [0.29, 0.717) is 25.3 Å². The normalized spacial score (nSPS) is 17.4. The number of hydrogen-bond acceptors (Lipinski definition) is 4. The molecule has 0 unspecified atom stereocenters. The number of carbonyl (C=O) groups is 1. The molecule has 4 rings (SSSR count). The fourth-order valence-electron chi connectivity index (χ4n) is 3.53. The molecule has 3 heterocycles. The molecule has 27 heavy (non-hydrogen) atoms. The van der Waals surface area contributed by atoms with Gasteiger partial charge in [0.15, 0.2) is 0 Å². The quantitative estimate of drug-likeness (QED) is 0.770. The van der Waals surface area contributed by atoms with E-state index < -0.39 is 0 Å². The molecule has 1 saturated heterocycles. The van der Waals surface area contributed by atoms with Crippen molar-refractivity contribution in [3.63, 3.8) is 0 Å². The van der Waals surface area contributed by atoms with Gasteiger partial charge in [-0.3, -0.25) is 9.89 Å². The van der Waals surface area contributed by atoms with Gasteiger partial charge in [0.1, 0.15) is 0 Å². The predicted molar refractivity (Wildman–Crippen MR) is 105 cm³/mol. The van der Waals surface area contributed by atoms with Crippen molar-refractivity contribution < 1.29 is 9.53 Å². The Morgan fingerprint density at radius 2 is 2.22 bits per heavy atom. The molecule has 6 nitrogen and oxygen atoms in total. The maximum atomic E-state index is 13.4. The molecule has 1 atom stereocenters. The van der Waals surface area contributed by atoms with Gasteiger partial charge < -0.3 is 9.64 Å². The Balaban J connectivity index is 1.82. The molecule has 140 valence electrons. The summed E-state index contributed by atoms with van der Waals surface area (Å²) in [4.78, 5) is 20.1. The maximum Gasteiger partial charge on any atom is 0.254 e. The second kappa shape index (κ2) is 7.48. The van der Waals surface area contributed by atoms with Crippen LogP contribution in [0.15, 0.2) is 36.7 Å². The van der Waals surface area contributed by atoms with Crippen molar-refractivity contribution in [3.05, 3.63) is 47.8 Å². The van der Waals surface area contributed by atoms with Gasteiger partial charge in [0.2, 0.25) is 0 Å². The number of aryl methyl sites for hydroxylation is 1. The number of aromatic nitrogens is 3. The third-order valence-electron chi connectivity index (χ3n) is 5.19. The van der Waals surface area contributed by atoms with E-state index >= 15 is 0 Å². The van der Waals surface area contributed by atoms with Crippen LogP contribution in [0.25, 0.3) is 22.2 Å². The van der Waals surface area contributed by atoms with Gasteiger partial charge in [0.05, 0.1) is 35.7 Å². The third kappa shape index (κ3) is 3.45. The lowest BCUT2D eigenvalue weighted by Gasteiger charge is -2.32. The molecule has 0 aliphatic carbocycles. The van der Waals surface area contributed by atoms with Crippen molar-refractivity contribution in [3.8, 4) is 11.3 Å². The number of rotatable bonds is 4. The van der Waals surface area contributed by atoms with Crippen LogP contribution in [-0.2, 0) is 11.2 Å². The van der Waals surface area contributed by atoms with Crippen molar-refractivity contribution in [2.45, 2.75) is 32.8 Å². The zero-order valence-corrected chi connectivity index (χ0v) is 15.7. The number of pyridine rings is 1. The summed E-state index contributed by atoms with van der Waals surface area (Å²) in [6.07, 6.45) is 5.45. The minimum Gasteiger partial charge on any atom is -0.375 e. The number of fused-ring (bicyclic) bond motifs is 1. The van der Waals surface area contributed by atoms with Crippen molar-refractivity contribution in [2.24, 2.45) is 0 Å². The van der Waals surface area contributed by atoms with Crippen LogP contribution in [0.1, 0.15) is 36.2 Å². The van der Waals surface area contributed by atoms with Gasteiger partial charge in [-0.1, -0.05) is 19.9 Å². The zero-order valence-electron chi connectivity index (χ0n) is 15.7. The maximum absolute atomic E-state index is 13.4. The highest BCUT2D eigenvalue weighted by Gasteiger charge is 2.26. The van der Waals surface area contributed by atoms with Gasteiger partial charge in [-0.05, 0) is 36.6 Å². The second-order valence-electron chi connectivity index (χ2n) is 6.90. The van der Waals surface area contributed by atoms with Crippen molar-refractivity contribution in [2.75, 3.05) is 19.7 Å². The molecule has 1 N–H and O–H groups in total. The van der Waals surface area contributed by atoms with Crippen molar-refractivity contribution >= 4 is 16.8 Å². The number of hydrogen-bond donors (Lipinski definition) is 1. The van der Waals surface area contributed by atoms with Crippen molar-refractivity contribution in [1.82, 2.24) is 20.1 Å². The molecule has 1 aliphatic heterocycles. The Morgan fingerprint density at radius 1 is 1.33 bits per heavy atom. The molecule has 0 saturated carbocycles. The smallest absolute Gasteiger partial charge is 0.254 e. The highest BCUT2D eigenvalue weighted by atomic mass is 16.5. The number of ether oxygens (including phenoxy) is 1. The van der Waals surface area contributed by atoms with Crippen LogP contribution >= 0.6 is 0 Å². The number of nitrogens with one attached hydrogen (secondary N) is 1. The van der Waals surface area contributed by atoms with Crippen LogP contribution < -0.4 is 0 Å². The number of carbonyl (C=O) groups excluding carboxylic acids is 1. The van der Waals surface area contributed by atoms with E-state index in [-0.39, 0.29) is 12.0 Å². The van der Waals surface area contributed by atoms with E-state index in [1.807, 2.05) is 17.0 Å². The molecule has 3 aromatic rings. The van der Waals surface area contributed by atoms with Crippen LogP contribution in [0.5, 0.6) is 0 Å². The van der Waals surface area contributed by atoms with Crippen molar-refractivity contribution in [1.29, 1.82) is 0 Å². The summed E-state index contributed by atoms with van der Waals surface area (Å²) in [6.45, 7) is 6.04. The highest BCUT2D eigenvalue weighted by molar-refractivity contribution is 6.07. The number of nitrogens with zero attached hydrogens (tertiary/aromatic N) is 3. The first-order chi connectivity index (χ1) is 13.2. The summed E-state index contributed by atoms with van der Waals surface area (Å²) in [5, 5.41) is 7.74. The fourth-order valence-corrected chi connectivity index (χ4v) is 3.53. The predicted octanol–water partition coefficient (Wildman–Crippen LogP) is 3.44. The van der Waals surface area contributed by atoms with Gasteiger partial charge in [-0.25, -0.2) is 4.98 Å². The molecule has 1 aliphatic rings. The number of benzene rings is 1. The molecule has 0 spiro atoms. The molecule has 0 bridgehead atoms. The Hall–Kier alpha value is -2.73. The molecule has 1 aromatic carbocycles. The van der Waals surface area contributed by atoms with E-state index in [9.17, 15) is 4.79 Å². The van der Waals surface area contributed by atoms with E-state index in [1.54, 1.807) is 12.4 Å². The lowest BCUT2D eigenvalue weighted by molar-refractivity contribution is -0.0225. The summed E-state index contributed by atoms with van der Waals surface area (Å²) in [6, 6.07) is 8.06. The molecule has 6 heteroatoms. The average Bonchev–Trinajstić information content (AvgIpc) is 3.27. The van der Waals surface area contributed by atoms with Gasteiger partial charge in [0, 0.05) is 30.2 Å². The monoisotopic (exact) mass is 364 g/mol. The van der Waals surface area contributed by atoms with Crippen LogP contribution in [0.3, 0.4) is 0 Å². The molecule has 1 amide bonds. The highest BCUT2D eigenvalue weighted by Crippen LogP contribution is 2.27.